The number of thiocarbonyl (C=S) groups is 1. The number of amides is 2. The van der Waals surface area contributed by atoms with E-state index in [4.69, 9.17) is 12.2 Å². The van der Waals surface area contributed by atoms with Crippen molar-refractivity contribution in [2.24, 2.45) is 0 Å². The molecule has 5 nitrogen and oxygen atoms in total. The average molecular weight is 421 g/mol. The van der Waals surface area contributed by atoms with Gasteiger partial charge in [-0.05, 0) is 62.0 Å². The van der Waals surface area contributed by atoms with Crippen molar-refractivity contribution in [3.63, 3.8) is 0 Å². The minimum atomic E-state index is -0.552. The van der Waals surface area contributed by atoms with Gasteiger partial charge in [0.15, 0.2) is 5.11 Å². The van der Waals surface area contributed by atoms with E-state index >= 15 is 0 Å². The molecule has 1 atom stereocenters. The number of aromatic nitrogens is 1. The van der Waals surface area contributed by atoms with E-state index in [1.807, 2.05) is 30.5 Å². The lowest BCUT2D eigenvalue weighted by molar-refractivity contribution is -0.122. The van der Waals surface area contributed by atoms with E-state index < -0.39 is 17.6 Å². The fourth-order valence-corrected chi connectivity index (χ4v) is 3.83. The normalized spacial score (nSPS) is 17.0. The molecule has 152 valence electrons. The Balaban J connectivity index is 1.81. The zero-order valence-electron chi connectivity index (χ0n) is 16.6. The zero-order chi connectivity index (χ0) is 21.4. The molecule has 0 saturated carbocycles. The number of carbonyl (C=O) groups excluding carboxylic acids is 2. The summed E-state index contributed by atoms with van der Waals surface area (Å²) in [6.45, 7) is 4.23. The Morgan fingerprint density at radius 3 is 2.53 bits per heavy atom. The molecule has 4 rings (SSSR count). The first kappa shape index (κ1) is 20.0. The van der Waals surface area contributed by atoms with Gasteiger partial charge in [-0.1, -0.05) is 25.1 Å². The predicted octanol–water partition coefficient (Wildman–Crippen LogP) is 4.58. The monoisotopic (exact) mass is 421 g/mol. The van der Waals surface area contributed by atoms with Crippen molar-refractivity contribution in [1.82, 2.24) is 9.88 Å². The number of hydrogen-bond acceptors (Lipinski definition) is 3. The lowest BCUT2D eigenvalue weighted by Gasteiger charge is -2.28. The van der Waals surface area contributed by atoms with E-state index in [0.717, 1.165) is 22.9 Å². The molecule has 2 heterocycles. The maximum atomic E-state index is 13.3. The number of benzene rings is 2. The number of anilines is 1. The maximum absolute atomic E-state index is 13.3. The third-order valence-corrected chi connectivity index (χ3v) is 5.61. The Morgan fingerprint density at radius 2 is 1.83 bits per heavy atom. The molecule has 7 heteroatoms. The van der Waals surface area contributed by atoms with E-state index in [0.29, 0.717) is 5.69 Å². The lowest BCUT2D eigenvalue weighted by Crippen LogP contribution is -2.54. The van der Waals surface area contributed by atoms with Gasteiger partial charge in [0.2, 0.25) is 0 Å². The van der Waals surface area contributed by atoms with E-state index in [1.165, 1.54) is 29.2 Å². The van der Waals surface area contributed by atoms with E-state index in [1.54, 1.807) is 6.08 Å². The number of fused-ring (bicyclic) bond motifs is 1. The summed E-state index contributed by atoms with van der Waals surface area (Å²) < 4.78 is 15.4. The smallest absolute Gasteiger partial charge is 0.270 e. The van der Waals surface area contributed by atoms with Crippen LogP contribution in [-0.4, -0.2) is 21.5 Å². The van der Waals surface area contributed by atoms with Crippen molar-refractivity contribution in [1.29, 1.82) is 0 Å². The first-order chi connectivity index (χ1) is 14.4. The molecule has 0 unspecified atom stereocenters. The van der Waals surface area contributed by atoms with Crippen LogP contribution in [0.1, 0.15) is 31.9 Å². The van der Waals surface area contributed by atoms with Crippen LogP contribution < -0.4 is 10.2 Å². The third kappa shape index (κ3) is 3.41. The minimum Gasteiger partial charge on any atom is -0.344 e. The van der Waals surface area contributed by atoms with Gasteiger partial charge < -0.3 is 4.57 Å². The first-order valence-electron chi connectivity index (χ1n) is 9.67. The van der Waals surface area contributed by atoms with Gasteiger partial charge in [-0.3, -0.25) is 19.8 Å². The van der Waals surface area contributed by atoms with Gasteiger partial charge in [0.25, 0.3) is 11.8 Å². The van der Waals surface area contributed by atoms with Crippen LogP contribution in [0.25, 0.3) is 17.0 Å². The summed E-state index contributed by atoms with van der Waals surface area (Å²) in [5.74, 6) is -1.52. The highest BCUT2D eigenvalue weighted by Gasteiger charge is 2.34. The van der Waals surface area contributed by atoms with Crippen molar-refractivity contribution in [3.8, 4) is 0 Å². The van der Waals surface area contributed by atoms with E-state index in [-0.39, 0.29) is 16.7 Å². The number of nitrogens with zero attached hydrogens (tertiary/aromatic N) is 2. The van der Waals surface area contributed by atoms with Crippen molar-refractivity contribution >= 4 is 51.8 Å². The highest BCUT2D eigenvalue weighted by atomic mass is 32.1. The zero-order valence-corrected chi connectivity index (χ0v) is 17.4. The standard InChI is InChI=1S/C23H20FN3O2S/c1-3-14(2)26-13-15(18-6-4-5-7-20(18)26)12-19-21(28)25-23(30)27(22(19)29)17-10-8-16(24)9-11-17/h4-14H,3H2,1-2H3,(H,25,28,30)/b19-12-/t14-/m0/s1. The summed E-state index contributed by atoms with van der Waals surface area (Å²) in [5, 5.41) is 3.48. The Hall–Kier alpha value is -3.32. The van der Waals surface area contributed by atoms with Gasteiger partial charge in [0.05, 0.1) is 5.69 Å². The number of nitrogens with one attached hydrogen (secondary N) is 1. The van der Waals surface area contributed by atoms with Crippen LogP contribution in [0.3, 0.4) is 0 Å². The van der Waals surface area contributed by atoms with Crippen molar-refractivity contribution in [2.75, 3.05) is 4.90 Å². The van der Waals surface area contributed by atoms with E-state index in [9.17, 15) is 14.0 Å². The van der Waals surface area contributed by atoms with E-state index in [2.05, 4.69) is 23.7 Å². The van der Waals surface area contributed by atoms with Crippen LogP contribution in [-0.2, 0) is 9.59 Å². The third-order valence-electron chi connectivity index (χ3n) is 5.32. The van der Waals surface area contributed by atoms with Gasteiger partial charge in [-0.2, -0.15) is 0 Å². The number of hydrogen-bond donors (Lipinski definition) is 1. The first-order valence-corrected chi connectivity index (χ1v) is 10.1. The van der Waals surface area contributed by atoms with Gasteiger partial charge in [0, 0.05) is 28.7 Å². The van der Waals surface area contributed by atoms with Crippen molar-refractivity contribution in [3.05, 3.63) is 71.7 Å². The summed E-state index contributed by atoms with van der Waals surface area (Å²) in [6.07, 6.45) is 4.50. The summed E-state index contributed by atoms with van der Waals surface area (Å²) in [4.78, 5) is 27.0. The number of carbonyl (C=O) groups is 2. The fourth-order valence-electron chi connectivity index (χ4n) is 3.55. The average Bonchev–Trinajstić information content (AvgIpc) is 3.10. The summed E-state index contributed by atoms with van der Waals surface area (Å²) in [7, 11) is 0. The molecule has 2 aromatic carbocycles. The van der Waals surface area contributed by atoms with Crippen molar-refractivity contribution in [2.45, 2.75) is 26.3 Å². The molecule has 1 N–H and O–H groups in total. The molecule has 0 spiro atoms. The number of para-hydroxylation sites is 1. The Morgan fingerprint density at radius 1 is 1.13 bits per heavy atom. The molecule has 0 aliphatic carbocycles. The second-order valence-electron chi connectivity index (χ2n) is 7.20. The van der Waals surface area contributed by atoms with Gasteiger partial charge in [-0.25, -0.2) is 4.39 Å². The Kier molecular flexibility index (Phi) is 5.22. The number of rotatable bonds is 4. The highest BCUT2D eigenvalue weighted by Crippen LogP contribution is 2.29. The Bertz CT molecular complexity index is 1200. The van der Waals surface area contributed by atoms with Gasteiger partial charge >= 0.3 is 0 Å². The second kappa shape index (κ2) is 7.84. The molecule has 2 amide bonds. The lowest BCUT2D eigenvalue weighted by atomic mass is 10.1. The topological polar surface area (TPSA) is 54.3 Å². The van der Waals surface area contributed by atoms with Crippen molar-refractivity contribution < 1.29 is 14.0 Å². The second-order valence-corrected chi connectivity index (χ2v) is 7.59. The molecule has 1 aliphatic rings. The number of halogens is 1. The predicted molar refractivity (Wildman–Crippen MR) is 120 cm³/mol. The van der Waals surface area contributed by atoms with Crippen LogP contribution in [0.2, 0.25) is 0 Å². The summed E-state index contributed by atoms with van der Waals surface area (Å²) in [6, 6.07) is 13.5. The molecule has 1 fully saturated rings. The van der Waals surface area contributed by atoms with Crippen LogP contribution in [0.4, 0.5) is 10.1 Å². The molecule has 1 aromatic heterocycles. The van der Waals surface area contributed by atoms with Crippen LogP contribution in [0, 0.1) is 5.82 Å². The molecule has 0 bridgehead atoms. The highest BCUT2D eigenvalue weighted by molar-refractivity contribution is 7.80. The fraction of sp³-hybridized carbons (Fsp3) is 0.174. The van der Waals surface area contributed by atoms with Crippen LogP contribution in [0.5, 0.6) is 0 Å². The molecular weight excluding hydrogens is 401 g/mol. The minimum absolute atomic E-state index is 0.0278. The van der Waals surface area contributed by atoms with Gasteiger partial charge in [-0.15, -0.1) is 0 Å². The van der Waals surface area contributed by atoms with Crippen LogP contribution in [0.15, 0.2) is 60.3 Å². The molecule has 3 aromatic rings. The maximum Gasteiger partial charge on any atom is 0.270 e. The molecule has 30 heavy (non-hydrogen) atoms. The summed E-state index contributed by atoms with van der Waals surface area (Å²) >= 11 is 5.19. The Labute approximate surface area is 178 Å². The molecular formula is C23H20FN3O2S. The molecule has 1 aliphatic heterocycles. The summed E-state index contributed by atoms with van der Waals surface area (Å²) in [5.41, 5.74) is 2.17. The SMILES string of the molecule is CC[C@H](C)n1cc(/C=C2/C(=O)NC(=S)N(c3ccc(F)cc3)C2=O)c2ccccc21. The van der Waals surface area contributed by atoms with Gasteiger partial charge in [0.1, 0.15) is 11.4 Å². The molecule has 1 saturated heterocycles. The van der Waals surface area contributed by atoms with Crippen LogP contribution >= 0.6 is 12.2 Å². The molecule has 0 radical (unpaired) electrons. The largest absolute Gasteiger partial charge is 0.344 e. The quantitative estimate of drug-likeness (QED) is 0.381.